The molecular formula is C23H24N4O4S. The molecular weight excluding hydrogens is 428 g/mol. The summed E-state index contributed by atoms with van der Waals surface area (Å²) >= 11 is 0. The summed E-state index contributed by atoms with van der Waals surface area (Å²) in [5.41, 5.74) is 10.7. The molecule has 0 bridgehead atoms. The fraction of sp³-hybridized carbons (Fsp3) is 0.217. The summed E-state index contributed by atoms with van der Waals surface area (Å²) in [6.45, 7) is 2.14. The number of para-hydroxylation sites is 1. The maximum atomic E-state index is 12.1. The topological polar surface area (TPSA) is 125 Å². The minimum Gasteiger partial charge on any atom is -0.366 e. The second-order valence-electron chi connectivity index (χ2n) is 7.82. The fourth-order valence-electron chi connectivity index (χ4n) is 4.05. The van der Waals surface area contributed by atoms with Crippen LogP contribution in [0, 0.1) is 0 Å². The molecule has 3 aromatic rings. The molecule has 2 heterocycles. The molecule has 4 N–H and O–H groups in total. The predicted octanol–water partition coefficient (Wildman–Crippen LogP) is 2.94. The van der Waals surface area contributed by atoms with Gasteiger partial charge in [-0.2, -0.15) is 4.31 Å². The Kier molecular flexibility index (Phi) is 5.62. The zero-order valence-corrected chi connectivity index (χ0v) is 18.6. The zero-order valence-electron chi connectivity index (χ0n) is 17.8. The van der Waals surface area contributed by atoms with Crippen molar-refractivity contribution >= 4 is 44.0 Å². The molecule has 2 aromatic carbocycles. The number of carbonyl (C=O) groups excluding carboxylic acids is 2. The number of nitrogens with one attached hydrogen (secondary N) is 2. The van der Waals surface area contributed by atoms with E-state index >= 15 is 0 Å². The summed E-state index contributed by atoms with van der Waals surface area (Å²) in [4.78, 5) is 27.1. The molecule has 0 saturated heterocycles. The van der Waals surface area contributed by atoms with Gasteiger partial charge in [0.1, 0.15) is 0 Å². The van der Waals surface area contributed by atoms with Crippen molar-refractivity contribution in [1.82, 2.24) is 9.29 Å². The largest absolute Gasteiger partial charge is 0.366 e. The van der Waals surface area contributed by atoms with Crippen LogP contribution in [0.3, 0.4) is 0 Å². The molecule has 0 atom stereocenters. The maximum absolute atomic E-state index is 12.1. The first-order chi connectivity index (χ1) is 15.1. The normalized spacial score (nSPS) is 14.9. The van der Waals surface area contributed by atoms with E-state index in [2.05, 4.69) is 10.3 Å². The Bertz CT molecular complexity index is 1370. The van der Waals surface area contributed by atoms with Gasteiger partial charge in [-0.1, -0.05) is 30.3 Å². The number of nitrogens with zero attached hydrogens (tertiary/aromatic N) is 1. The Labute approximate surface area is 186 Å². The summed E-state index contributed by atoms with van der Waals surface area (Å²) in [6.07, 6.45) is 3.63. The van der Waals surface area contributed by atoms with Gasteiger partial charge in [0.2, 0.25) is 15.9 Å². The monoisotopic (exact) mass is 452 g/mol. The fourth-order valence-corrected chi connectivity index (χ4v) is 4.81. The van der Waals surface area contributed by atoms with Gasteiger partial charge in [0, 0.05) is 42.3 Å². The van der Waals surface area contributed by atoms with Crippen molar-refractivity contribution in [2.24, 2.45) is 5.73 Å². The van der Waals surface area contributed by atoms with E-state index in [4.69, 9.17) is 5.73 Å². The zero-order chi connectivity index (χ0) is 23.0. The third-order valence-corrected chi connectivity index (χ3v) is 6.84. The van der Waals surface area contributed by atoms with Gasteiger partial charge in [0.15, 0.2) is 0 Å². The first-order valence-corrected chi connectivity index (χ1v) is 12.0. The lowest BCUT2D eigenvalue weighted by molar-refractivity contribution is -0.114. The third-order valence-electron chi connectivity index (χ3n) is 5.57. The summed E-state index contributed by atoms with van der Waals surface area (Å²) < 4.78 is 25.0. The van der Waals surface area contributed by atoms with Gasteiger partial charge in [-0.05, 0) is 35.8 Å². The van der Waals surface area contributed by atoms with E-state index in [-0.39, 0.29) is 5.91 Å². The van der Waals surface area contributed by atoms with E-state index in [9.17, 15) is 18.0 Å². The molecule has 1 aliphatic rings. The maximum Gasteiger partial charge on any atom is 0.250 e. The van der Waals surface area contributed by atoms with Crippen molar-refractivity contribution in [3.05, 3.63) is 59.8 Å². The first kappa shape index (κ1) is 21.8. The number of aromatic amines is 1. The Morgan fingerprint density at radius 1 is 1.12 bits per heavy atom. The van der Waals surface area contributed by atoms with Crippen molar-refractivity contribution in [3.63, 3.8) is 0 Å². The lowest BCUT2D eigenvalue weighted by Crippen LogP contribution is -2.33. The van der Waals surface area contributed by atoms with Crippen LogP contribution in [-0.2, 0) is 14.8 Å². The van der Waals surface area contributed by atoms with Gasteiger partial charge in [0.25, 0.3) is 5.91 Å². The van der Waals surface area contributed by atoms with Crippen LogP contribution >= 0.6 is 0 Å². The number of hydrogen-bond acceptors (Lipinski definition) is 4. The highest BCUT2D eigenvalue weighted by Gasteiger charge is 2.22. The van der Waals surface area contributed by atoms with E-state index in [1.54, 1.807) is 6.07 Å². The van der Waals surface area contributed by atoms with Crippen molar-refractivity contribution in [2.75, 3.05) is 24.7 Å². The van der Waals surface area contributed by atoms with E-state index in [0.29, 0.717) is 36.3 Å². The molecule has 4 rings (SSSR count). The van der Waals surface area contributed by atoms with Gasteiger partial charge in [0.05, 0.1) is 17.3 Å². The number of aromatic nitrogens is 1. The Balaban J connectivity index is 1.86. The molecule has 0 spiro atoms. The Morgan fingerprint density at radius 2 is 1.88 bits per heavy atom. The third kappa shape index (κ3) is 4.17. The summed E-state index contributed by atoms with van der Waals surface area (Å²) in [5, 5.41) is 3.64. The van der Waals surface area contributed by atoms with Crippen LogP contribution in [0.15, 0.2) is 48.5 Å². The number of nitrogens with two attached hydrogens (primary N) is 1. The summed E-state index contributed by atoms with van der Waals surface area (Å²) in [7, 11) is -3.25. The van der Waals surface area contributed by atoms with Crippen molar-refractivity contribution < 1.29 is 18.0 Å². The van der Waals surface area contributed by atoms with Crippen LogP contribution in [0.4, 0.5) is 5.69 Å². The molecule has 9 heteroatoms. The van der Waals surface area contributed by atoms with Crippen LogP contribution in [0.1, 0.15) is 29.4 Å². The van der Waals surface area contributed by atoms with Gasteiger partial charge in [-0.15, -0.1) is 0 Å². The summed E-state index contributed by atoms with van der Waals surface area (Å²) in [5.74, 6) is -0.731. The quantitative estimate of drug-likeness (QED) is 0.550. The Hall–Kier alpha value is -3.43. The number of benzene rings is 2. The van der Waals surface area contributed by atoms with Crippen LogP contribution in [-0.4, -0.2) is 48.9 Å². The van der Waals surface area contributed by atoms with Crippen LogP contribution < -0.4 is 11.1 Å². The van der Waals surface area contributed by atoms with Crippen molar-refractivity contribution in [1.29, 1.82) is 0 Å². The molecule has 166 valence electrons. The number of anilines is 1. The molecule has 32 heavy (non-hydrogen) atoms. The number of H-pyrrole nitrogens is 1. The minimum atomic E-state index is -3.25. The lowest BCUT2D eigenvalue weighted by Gasteiger charge is -2.23. The van der Waals surface area contributed by atoms with E-state index in [1.807, 2.05) is 42.5 Å². The molecule has 0 aliphatic carbocycles. The predicted molar refractivity (Wildman–Crippen MR) is 126 cm³/mol. The molecule has 2 amide bonds. The average molecular weight is 453 g/mol. The van der Waals surface area contributed by atoms with Gasteiger partial charge in [-0.25, -0.2) is 8.42 Å². The Morgan fingerprint density at radius 3 is 2.50 bits per heavy atom. The smallest absolute Gasteiger partial charge is 0.250 e. The number of amides is 2. The highest BCUT2D eigenvalue weighted by atomic mass is 32.2. The number of primary amides is 1. The second kappa shape index (κ2) is 8.25. The minimum absolute atomic E-state index is 0.181. The van der Waals surface area contributed by atoms with Crippen molar-refractivity contribution in [3.8, 4) is 11.1 Å². The van der Waals surface area contributed by atoms with Crippen LogP contribution in [0.2, 0.25) is 0 Å². The van der Waals surface area contributed by atoms with E-state index in [1.165, 1.54) is 17.5 Å². The number of carbonyl (C=O) groups is 2. The molecule has 0 fully saturated rings. The van der Waals surface area contributed by atoms with Crippen LogP contribution in [0.5, 0.6) is 0 Å². The van der Waals surface area contributed by atoms with E-state index in [0.717, 1.165) is 27.8 Å². The molecule has 0 unspecified atom stereocenters. The molecule has 1 aromatic heterocycles. The standard InChI is InChI=1S/C23H24N4O4S/c1-14(28)25-20-6-4-3-5-17(20)16-7-8-18(23(24)29)22-19(16)13-21(26-22)15-9-11-27(12-10-15)32(2,30)31/h3-9,13,26H,10-12H2,1-2H3,(H2,24,29)(H,25,28). The lowest BCUT2D eigenvalue weighted by atomic mass is 9.97. The van der Waals surface area contributed by atoms with Gasteiger partial charge in [-0.3, -0.25) is 9.59 Å². The number of rotatable bonds is 5. The van der Waals surface area contributed by atoms with Crippen molar-refractivity contribution in [2.45, 2.75) is 13.3 Å². The average Bonchev–Trinajstić information content (AvgIpc) is 3.18. The number of fused-ring (bicyclic) bond motifs is 1. The molecule has 8 nitrogen and oxygen atoms in total. The first-order valence-electron chi connectivity index (χ1n) is 10.1. The SMILES string of the molecule is CC(=O)Nc1ccccc1-c1ccc(C(N)=O)c2[nH]c(C3=CCN(S(C)(=O)=O)CC3)cc12. The molecule has 1 aliphatic heterocycles. The van der Waals surface area contributed by atoms with Gasteiger partial charge >= 0.3 is 0 Å². The highest BCUT2D eigenvalue weighted by Crippen LogP contribution is 2.37. The second-order valence-corrected chi connectivity index (χ2v) is 9.81. The van der Waals surface area contributed by atoms with Crippen LogP contribution in [0.25, 0.3) is 27.6 Å². The molecule has 0 radical (unpaired) electrons. The van der Waals surface area contributed by atoms with E-state index < -0.39 is 15.9 Å². The number of hydrogen-bond donors (Lipinski definition) is 3. The number of sulfonamides is 1. The highest BCUT2D eigenvalue weighted by molar-refractivity contribution is 7.88. The van der Waals surface area contributed by atoms with Gasteiger partial charge < -0.3 is 16.0 Å². The summed E-state index contributed by atoms with van der Waals surface area (Å²) in [6, 6.07) is 12.9. The molecule has 0 saturated carbocycles.